The summed E-state index contributed by atoms with van der Waals surface area (Å²) in [4.78, 5) is 4.19. The number of nitrogens with zero attached hydrogens (tertiary/aromatic N) is 1. The molecule has 0 fully saturated rings. The molecular weight excluding hydrogens is 271 g/mol. The molecule has 0 saturated heterocycles. The normalized spacial score (nSPS) is 12.2. The average molecular weight is 290 g/mol. The second-order valence-electron chi connectivity index (χ2n) is 5.09. The van der Waals surface area contributed by atoms with E-state index in [2.05, 4.69) is 10.3 Å². The van der Waals surface area contributed by atoms with Crippen molar-refractivity contribution in [2.75, 3.05) is 5.32 Å². The fourth-order valence-electron chi connectivity index (χ4n) is 2.01. The maximum Gasteiger partial charge on any atom is 0.237 e. The van der Waals surface area contributed by atoms with Gasteiger partial charge in [0.1, 0.15) is 11.6 Å². The van der Waals surface area contributed by atoms with Crippen molar-refractivity contribution in [3.05, 3.63) is 47.9 Å². The Bertz CT molecular complexity index is 617. The van der Waals surface area contributed by atoms with Crippen LogP contribution in [0.25, 0.3) is 0 Å². The maximum absolute atomic E-state index is 13.0. The Kier molecular flexibility index (Phi) is 4.62. The van der Waals surface area contributed by atoms with Crippen LogP contribution in [-0.2, 0) is 0 Å². The van der Waals surface area contributed by atoms with Crippen LogP contribution in [0.4, 0.5) is 10.1 Å². The molecule has 0 radical (unpaired) electrons. The smallest absolute Gasteiger partial charge is 0.237 e. The Hall–Kier alpha value is -2.30. The lowest BCUT2D eigenvalue weighted by Gasteiger charge is -2.19. The molecule has 21 heavy (non-hydrogen) atoms. The Morgan fingerprint density at radius 2 is 2.00 bits per heavy atom. The molecule has 2 N–H and O–H groups in total. The molecule has 1 atom stereocenters. The highest BCUT2D eigenvalue weighted by molar-refractivity contribution is 5.54. The van der Waals surface area contributed by atoms with E-state index in [0.717, 1.165) is 11.8 Å². The van der Waals surface area contributed by atoms with Gasteiger partial charge in [-0.05, 0) is 39.0 Å². The van der Waals surface area contributed by atoms with Crippen molar-refractivity contribution in [2.24, 2.45) is 0 Å². The zero-order valence-corrected chi connectivity index (χ0v) is 12.3. The van der Waals surface area contributed by atoms with Crippen LogP contribution in [0, 0.1) is 5.82 Å². The number of ether oxygens (including phenoxy) is 1. The number of rotatable bonds is 5. The molecular formula is C16H19FN2O2. The molecule has 1 aromatic carbocycles. The molecule has 0 aliphatic rings. The first-order chi connectivity index (χ1) is 9.97. The zero-order valence-electron chi connectivity index (χ0n) is 12.3. The van der Waals surface area contributed by atoms with E-state index in [4.69, 9.17) is 4.74 Å². The van der Waals surface area contributed by atoms with Crippen LogP contribution < -0.4 is 10.1 Å². The van der Waals surface area contributed by atoms with Gasteiger partial charge in [0.15, 0.2) is 0 Å². The number of phenols is 1. The largest absolute Gasteiger partial charge is 0.507 e. The number of benzene rings is 1. The second kappa shape index (κ2) is 6.43. The van der Waals surface area contributed by atoms with Crippen LogP contribution in [0.2, 0.25) is 0 Å². The molecule has 0 bridgehead atoms. The number of halogens is 1. The van der Waals surface area contributed by atoms with Gasteiger partial charge in [-0.3, -0.25) is 0 Å². The van der Waals surface area contributed by atoms with Crippen LogP contribution in [0.1, 0.15) is 32.4 Å². The lowest BCUT2D eigenvalue weighted by molar-refractivity contribution is 0.234. The summed E-state index contributed by atoms with van der Waals surface area (Å²) in [5, 5.41) is 13.1. The van der Waals surface area contributed by atoms with Crippen molar-refractivity contribution in [2.45, 2.75) is 32.9 Å². The van der Waals surface area contributed by atoms with Gasteiger partial charge in [0.2, 0.25) is 5.88 Å². The van der Waals surface area contributed by atoms with Crippen molar-refractivity contribution >= 4 is 5.69 Å². The lowest BCUT2D eigenvalue weighted by Crippen LogP contribution is -2.12. The summed E-state index contributed by atoms with van der Waals surface area (Å²) in [6.45, 7) is 5.72. The molecule has 0 saturated carbocycles. The zero-order chi connectivity index (χ0) is 15.4. The SMILES string of the molecule is CC(C)Oc1ncccc1NC(C)c1ccc(F)cc1O. The number of aromatic hydroxyl groups is 1. The summed E-state index contributed by atoms with van der Waals surface area (Å²) in [5.41, 5.74) is 1.33. The molecule has 112 valence electrons. The van der Waals surface area contributed by atoms with Crippen molar-refractivity contribution in [1.82, 2.24) is 4.98 Å². The molecule has 1 unspecified atom stereocenters. The van der Waals surface area contributed by atoms with Crippen LogP contribution in [-0.4, -0.2) is 16.2 Å². The fourth-order valence-corrected chi connectivity index (χ4v) is 2.01. The summed E-state index contributed by atoms with van der Waals surface area (Å²) in [6.07, 6.45) is 1.66. The number of aromatic nitrogens is 1. The van der Waals surface area contributed by atoms with Gasteiger partial charge in [0.05, 0.1) is 17.8 Å². The quantitative estimate of drug-likeness (QED) is 0.877. The van der Waals surface area contributed by atoms with Crippen LogP contribution >= 0.6 is 0 Å². The number of phenolic OH excluding ortho intramolecular Hbond substituents is 1. The first kappa shape index (κ1) is 15.1. The van der Waals surface area contributed by atoms with E-state index in [9.17, 15) is 9.50 Å². The van der Waals surface area contributed by atoms with Crippen molar-refractivity contribution in [3.8, 4) is 11.6 Å². The highest BCUT2D eigenvalue weighted by atomic mass is 19.1. The molecule has 5 heteroatoms. The van der Waals surface area contributed by atoms with Gasteiger partial charge in [0.25, 0.3) is 0 Å². The lowest BCUT2D eigenvalue weighted by atomic mass is 10.1. The van der Waals surface area contributed by atoms with Gasteiger partial charge in [0, 0.05) is 17.8 Å². The minimum Gasteiger partial charge on any atom is -0.507 e. The van der Waals surface area contributed by atoms with E-state index in [0.29, 0.717) is 11.4 Å². The molecule has 0 aliphatic heterocycles. The highest BCUT2D eigenvalue weighted by Crippen LogP contribution is 2.30. The molecule has 1 heterocycles. The van der Waals surface area contributed by atoms with Gasteiger partial charge in [-0.1, -0.05) is 6.07 Å². The molecule has 2 rings (SSSR count). The van der Waals surface area contributed by atoms with E-state index < -0.39 is 5.82 Å². The monoisotopic (exact) mass is 290 g/mol. The summed E-state index contributed by atoms with van der Waals surface area (Å²) in [6, 6.07) is 7.41. The average Bonchev–Trinajstić information content (AvgIpc) is 2.40. The Morgan fingerprint density at radius 3 is 2.67 bits per heavy atom. The molecule has 0 amide bonds. The van der Waals surface area contributed by atoms with Crippen molar-refractivity contribution in [3.63, 3.8) is 0 Å². The third kappa shape index (κ3) is 3.84. The number of hydrogen-bond acceptors (Lipinski definition) is 4. The van der Waals surface area contributed by atoms with Crippen molar-refractivity contribution < 1.29 is 14.2 Å². The summed E-state index contributed by atoms with van der Waals surface area (Å²) >= 11 is 0. The fraction of sp³-hybridized carbons (Fsp3) is 0.312. The minimum atomic E-state index is -0.464. The van der Waals surface area contributed by atoms with Crippen molar-refractivity contribution in [1.29, 1.82) is 0 Å². The summed E-state index contributed by atoms with van der Waals surface area (Å²) in [5.74, 6) is -0.0418. The second-order valence-corrected chi connectivity index (χ2v) is 5.09. The van der Waals surface area contributed by atoms with E-state index in [1.807, 2.05) is 26.8 Å². The molecule has 0 spiro atoms. The summed E-state index contributed by atoms with van der Waals surface area (Å²) < 4.78 is 18.7. The van der Waals surface area contributed by atoms with Gasteiger partial charge in [-0.25, -0.2) is 9.37 Å². The number of pyridine rings is 1. The van der Waals surface area contributed by atoms with Crippen LogP contribution in [0.5, 0.6) is 11.6 Å². The third-order valence-electron chi connectivity index (χ3n) is 2.95. The summed E-state index contributed by atoms with van der Waals surface area (Å²) in [7, 11) is 0. The molecule has 2 aromatic rings. The van der Waals surface area contributed by atoms with E-state index in [1.54, 1.807) is 18.3 Å². The topological polar surface area (TPSA) is 54.4 Å². The molecule has 1 aromatic heterocycles. The Labute approximate surface area is 123 Å². The highest BCUT2D eigenvalue weighted by Gasteiger charge is 2.14. The number of hydrogen-bond donors (Lipinski definition) is 2. The van der Waals surface area contributed by atoms with Gasteiger partial charge >= 0.3 is 0 Å². The predicted octanol–water partition coefficient (Wildman–Crippen LogP) is 3.89. The van der Waals surface area contributed by atoms with Crippen LogP contribution in [0.3, 0.4) is 0 Å². The molecule has 4 nitrogen and oxygen atoms in total. The maximum atomic E-state index is 13.0. The Balaban J connectivity index is 2.21. The minimum absolute atomic E-state index is 0.00924. The van der Waals surface area contributed by atoms with E-state index >= 15 is 0 Å². The molecule has 0 aliphatic carbocycles. The third-order valence-corrected chi connectivity index (χ3v) is 2.95. The van der Waals surface area contributed by atoms with Gasteiger partial charge < -0.3 is 15.2 Å². The first-order valence-corrected chi connectivity index (χ1v) is 6.84. The predicted molar refractivity (Wildman–Crippen MR) is 80.1 cm³/mol. The standard InChI is InChI=1S/C16H19FN2O2/c1-10(2)21-16-14(5-4-8-18-16)19-11(3)13-7-6-12(17)9-15(13)20/h4-11,19-20H,1-3H3. The van der Waals surface area contributed by atoms with Gasteiger partial charge in [-0.2, -0.15) is 0 Å². The van der Waals surface area contributed by atoms with Crippen LogP contribution in [0.15, 0.2) is 36.5 Å². The first-order valence-electron chi connectivity index (χ1n) is 6.84. The van der Waals surface area contributed by atoms with E-state index in [-0.39, 0.29) is 17.9 Å². The number of anilines is 1. The Morgan fingerprint density at radius 1 is 1.24 bits per heavy atom. The van der Waals surface area contributed by atoms with E-state index in [1.165, 1.54) is 6.07 Å². The van der Waals surface area contributed by atoms with Gasteiger partial charge in [-0.15, -0.1) is 0 Å². The number of nitrogens with one attached hydrogen (secondary N) is 1.